The Labute approximate surface area is 190 Å². The van der Waals surface area contributed by atoms with Crippen LogP contribution >= 0.6 is 11.6 Å². The minimum absolute atomic E-state index is 0.262. The summed E-state index contributed by atoms with van der Waals surface area (Å²) in [7, 11) is 1.50. The van der Waals surface area contributed by atoms with E-state index in [0.29, 0.717) is 28.6 Å². The predicted molar refractivity (Wildman–Crippen MR) is 123 cm³/mol. The Morgan fingerprint density at radius 2 is 1.88 bits per heavy atom. The summed E-state index contributed by atoms with van der Waals surface area (Å²) >= 11 is 5.92. The van der Waals surface area contributed by atoms with Crippen molar-refractivity contribution in [2.75, 3.05) is 23.9 Å². The van der Waals surface area contributed by atoms with Crippen LogP contribution in [0.4, 0.5) is 16.2 Å². The SMILES string of the molecule is COc1cccc(N2C(=O)Nc3ccccc3[C@]2(O)C(=O)NCCc2ccc(Cl)cc2)c1. The monoisotopic (exact) mass is 451 g/mol. The van der Waals surface area contributed by atoms with Gasteiger partial charge in [0, 0.05) is 23.2 Å². The number of carbonyl (C=O) groups is 2. The molecule has 8 heteroatoms. The molecule has 1 aliphatic rings. The molecule has 0 spiro atoms. The number of methoxy groups -OCH3 is 1. The summed E-state index contributed by atoms with van der Waals surface area (Å²) < 4.78 is 5.25. The van der Waals surface area contributed by atoms with Gasteiger partial charge in [0.05, 0.1) is 18.5 Å². The molecule has 1 heterocycles. The Balaban J connectivity index is 1.67. The van der Waals surface area contributed by atoms with E-state index in [1.165, 1.54) is 7.11 Å². The van der Waals surface area contributed by atoms with Gasteiger partial charge in [-0.2, -0.15) is 0 Å². The predicted octanol–water partition coefficient (Wildman–Crippen LogP) is 3.90. The fourth-order valence-electron chi connectivity index (χ4n) is 3.71. The van der Waals surface area contributed by atoms with Crippen molar-refractivity contribution in [3.63, 3.8) is 0 Å². The van der Waals surface area contributed by atoms with Gasteiger partial charge in [-0.25, -0.2) is 4.79 Å². The highest BCUT2D eigenvalue weighted by Crippen LogP contribution is 2.40. The quantitative estimate of drug-likeness (QED) is 0.530. The van der Waals surface area contributed by atoms with E-state index in [-0.39, 0.29) is 12.1 Å². The van der Waals surface area contributed by atoms with Gasteiger partial charge in [0.2, 0.25) is 0 Å². The van der Waals surface area contributed by atoms with Crippen LogP contribution in [-0.2, 0) is 16.9 Å². The molecular weight excluding hydrogens is 430 g/mol. The molecular formula is C24H22ClN3O4. The van der Waals surface area contributed by atoms with Gasteiger partial charge in [0.25, 0.3) is 11.6 Å². The lowest BCUT2D eigenvalue weighted by molar-refractivity contribution is -0.140. The number of amides is 3. The van der Waals surface area contributed by atoms with Crippen molar-refractivity contribution in [2.45, 2.75) is 12.1 Å². The van der Waals surface area contributed by atoms with Gasteiger partial charge in [-0.3, -0.25) is 9.69 Å². The van der Waals surface area contributed by atoms with Crippen molar-refractivity contribution >= 4 is 34.9 Å². The number of para-hydroxylation sites is 1. The summed E-state index contributed by atoms with van der Waals surface area (Å²) in [6.07, 6.45) is 0.534. The standard InChI is InChI=1S/C24H22ClN3O4/c1-32-19-6-4-5-18(15-19)28-23(30)27-21-8-3-2-7-20(21)24(28,31)22(29)26-14-13-16-9-11-17(25)12-10-16/h2-12,15,31H,13-14H2,1H3,(H,26,29)(H,27,30)/t24-/m0/s1. The third-order valence-electron chi connectivity index (χ3n) is 5.31. The molecule has 32 heavy (non-hydrogen) atoms. The van der Waals surface area contributed by atoms with E-state index in [2.05, 4.69) is 10.6 Å². The van der Waals surface area contributed by atoms with E-state index < -0.39 is 17.7 Å². The van der Waals surface area contributed by atoms with Crippen LogP contribution in [0, 0.1) is 0 Å². The van der Waals surface area contributed by atoms with Gasteiger partial charge >= 0.3 is 6.03 Å². The molecule has 3 N–H and O–H groups in total. The van der Waals surface area contributed by atoms with Gasteiger partial charge in [-0.15, -0.1) is 0 Å². The van der Waals surface area contributed by atoms with Gasteiger partial charge in [-0.1, -0.05) is 48.0 Å². The molecule has 0 unspecified atom stereocenters. The number of hydrogen-bond donors (Lipinski definition) is 3. The summed E-state index contributed by atoms with van der Waals surface area (Å²) in [5.74, 6) is -0.226. The summed E-state index contributed by atoms with van der Waals surface area (Å²) in [5, 5.41) is 17.9. The highest BCUT2D eigenvalue weighted by Gasteiger charge is 2.51. The zero-order chi connectivity index (χ0) is 22.7. The number of nitrogens with one attached hydrogen (secondary N) is 2. The zero-order valence-electron chi connectivity index (χ0n) is 17.3. The third-order valence-corrected chi connectivity index (χ3v) is 5.56. The molecule has 1 atom stereocenters. The van der Waals surface area contributed by atoms with Gasteiger partial charge in [0.1, 0.15) is 5.75 Å². The molecule has 7 nitrogen and oxygen atoms in total. The molecule has 3 aromatic carbocycles. The van der Waals surface area contributed by atoms with Crippen LogP contribution < -0.4 is 20.3 Å². The number of halogens is 1. The van der Waals surface area contributed by atoms with E-state index >= 15 is 0 Å². The Hall–Kier alpha value is -3.55. The largest absolute Gasteiger partial charge is 0.497 e. The molecule has 3 aromatic rings. The van der Waals surface area contributed by atoms with E-state index in [1.807, 2.05) is 12.1 Å². The number of rotatable bonds is 6. The first-order valence-electron chi connectivity index (χ1n) is 10.0. The maximum absolute atomic E-state index is 13.4. The average Bonchev–Trinajstić information content (AvgIpc) is 2.80. The Morgan fingerprint density at radius 1 is 1.12 bits per heavy atom. The Morgan fingerprint density at radius 3 is 2.62 bits per heavy atom. The average molecular weight is 452 g/mol. The first-order valence-corrected chi connectivity index (χ1v) is 10.4. The number of fused-ring (bicyclic) bond motifs is 1. The normalized spacial score (nSPS) is 17.3. The summed E-state index contributed by atoms with van der Waals surface area (Å²) in [4.78, 5) is 27.4. The number of anilines is 2. The van der Waals surface area contributed by atoms with Gasteiger partial charge in [-0.05, 0) is 42.3 Å². The minimum atomic E-state index is -2.26. The number of hydrogen-bond acceptors (Lipinski definition) is 4. The molecule has 0 saturated heterocycles. The molecule has 0 aliphatic carbocycles. The first kappa shape index (κ1) is 21.7. The highest BCUT2D eigenvalue weighted by atomic mass is 35.5. The van der Waals surface area contributed by atoms with Crippen molar-refractivity contribution < 1.29 is 19.4 Å². The summed E-state index contributed by atoms with van der Waals surface area (Å²) in [6.45, 7) is 0.262. The maximum atomic E-state index is 13.4. The van der Waals surface area contributed by atoms with Gasteiger partial charge in [0.15, 0.2) is 0 Å². The minimum Gasteiger partial charge on any atom is -0.497 e. The van der Waals surface area contributed by atoms with Crippen molar-refractivity contribution in [2.24, 2.45) is 0 Å². The zero-order valence-corrected chi connectivity index (χ0v) is 18.1. The summed E-state index contributed by atoms with van der Waals surface area (Å²) in [5.41, 5.74) is -0.330. The highest BCUT2D eigenvalue weighted by molar-refractivity contribution is 6.30. The number of carbonyl (C=O) groups excluding carboxylic acids is 2. The first-order chi connectivity index (χ1) is 15.4. The second kappa shape index (κ2) is 8.90. The fourth-order valence-corrected chi connectivity index (χ4v) is 3.83. The second-order valence-corrected chi connectivity index (χ2v) is 7.75. The van der Waals surface area contributed by atoms with Crippen molar-refractivity contribution in [3.05, 3.63) is 88.9 Å². The maximum Gasteiger partial charge on any atom is 0.329 e. The lowest BCUT2D eigenvalue weighted by Gasteiger charge is -2.42. The van der Waals surface area contributed by atoms with Crippen LogP contribution in [0.3, 0.4) is 0 Å². The van der Waals surface area contributed by atoms with Gasteiger partial charge < -0.3 is 20.5 Å². The molecule has 3 amide bonds. The number of aliphatic hydroxyl groups is 1. The van der Waals surface area contributed by atoms with Crippen LogP contribution in [-0.4, -0.2) is 30.7 Å². The second-order valence-electron chi connectivity index (χ2n) is 7.32. The van der Waals surface area contributed by atoms with E-state index in [4.69, 9.17) is 16.3 Å². The smallest absolute Gasteiger partial charge is 0.329 e. The Kier molecular flexibility index (Phi) is 6.03. The number of benzene rings is 3. The molecule has 0 fully saturated rings. The van der Waals surface area contributed by atoms with Crippen molar-refractivity contribution in [3.8, 4) is 5.75 Å². The van der Waals surface area contributed by atoms with Crippen LogP contribution in [0.2, 0.25) is 5.02 Å². The van der Waals surface area contributed by atoms with Crippen LogP contribution in [0.15, 0.2) is 72.8 Å². The van der Waals surface area contributed by atoms with Crippen molar-refractivity contribution in [1.82, 2.24) is 5.32 Å². The number of urea groups is 1. The third kappa shape index (κ3) is 4.00. The lowest BCUT2D eigenvalue weighted by Crippen LogP contribution is -2.62. The molecule has 0 saturated carbocycles. The molecule has 164 valence electrons. The van der Waals surface area contributed by atoms with Crippen LogP contribution in [0.25, 0.3) is 0 Å². The van der Waals surface area contributed by atoms with E-state index in [0.717, 1.165) is 10.5 Å². The molecule has 1 aliphatic heterocycles. The molecule has 0 aromatic heterocycles. The summed E-state index contributed by atoms with van der Waals surface area (Å²) in [6, 6.07) is 19.9. The van der Waals surface area contributed by atoms with Crippen LogP contribution in [0.1, 0.15) is 11.1 Å². The van der Waals surface area contributed by atoms with E-state index in [1.54, 1.807) is 60.7 Å². The topological polar surface area (TPSA) is 90.9 Å². The molecule has 0 bridgehead atoms. The van der Waals surface area contributed by atoms with E-state index in [9.17, 15) is 14.7 Å². The fraction of sp³-hybridized carbons (Fsp3) is 0.167. The molecule has 4 rings (SSSR count). The van der Waals surface area contributed by atoms with Crippen LogP contribution in [0.5, 0.6) is 5.75 Å². The number of ether oxygens (including phenoxy) is 1. The molecule has 0 radical (unpaired) electrons. The van der Waals surface area contributed by atoms with Crippen molar-refractivity contribution in [1.29, 1.82) is 0 Å². The number of nitrogens with zero attached hydrogens (tertiary/aromatic N) is 1. The lowest BCUT2D eigenvalue weighted by atomic mass is 9.94. The Bertz CT molecular complexity index is 1150.